The van der Waals surface area contributed by atoms with E-state index in [2.05, 4.69) is 4.98 Å². The molecule has 1 unspecified atom stereocenters. The van der Waals surface area contributed by atoms with Crippen molar-refractivity contribution in [3.63, 3.8) is 0 Å². The van der Waals surface area contributed by atoms with Crippen molar-refractivity contribution in [3.05, 3.63) is 69.7 Å². The number of rotatable bonds is 10. The lowest BCUT2D eigenvalue weighted by Crippen LogP contribution is -2.29. The first kappa shape index (κ1) is 23.3. The number of halogens is 1. The summed E-state index contributed by atoms with van der Waals surface area (Å²) in [6.07, 6.45) is -0.139. The third-order valence-electron chi connectivity index (χ3n) is 4.68. The van der Waals surface area contributed by atoms with E-state index < -0.39 is 6.10 Å². The number of hydrogen-bond acceptors (Lipinski definition) is 6. The van der Waals surface area contributed by atoms with Gasteiger partial charge in [-0.3, -0.25) is 0 Å². The Kier molecular flexibility index (Phi) is 8.46. The largest absolute Gasteiger partial charge is 0.487 e. The van der Waals surface area contributed by atoms with E-state index in [-0.39, 0.29) is 5.97 Å². The summed E-state index contributed by atoms with van der Waals surface area (Å²) in [4.78, 5) is 16.7. The molecule has 0 radical (unpaired) electrons. The molecule has 1 heterocycles. The smallest absolute Gasteiger partial charge is 0.335 e. The Morgan fingerprint density at radius 2 is 1.97 bits per heavy atom. The van der Waals surface area contributed by atoms with Crippen LogP contribution < -0.4 is 4.74 Å². The molecule has 164 valence electrons. The van der Waals surface area contributed by atoms with Gasteiger partial charge in [0.1, 0.15) is 17.4 Å². The molecule has 0 amide bonds. The van der Waals surface area contributed by atoms with Gasteiger partial charge < -0.3 is 14.2 Å². The molecule has 1 aromatic heterocycles. The van der Waals surface area contributed by atoms with Crippen LogP contribution in [0.2, 0.25) is 5.02 Å². The number of aryl methyl sites for hydroxylation is 1. The molecule has 0 saturated heterocycles. The first-order chi connectivity index (χ1) is 15.0. The molecule has 31 heavy (non-hydrogen) atoms. The fourth-order valence-electron chi connectivity index (χ4n) is 3.12. The molecule has 0 fully saturated rings. The normalized spacial score (nSPS) is 11.9. The summed E-state index contributed by atoms with van der Waals surface area (Å²) in [5.41, 5.74) is 3.82. The van der Waals surface area contributed by atoms with Gasteiger partial charge in [0.15, 0.2) is 6.10 Å². The van der Waals surface area contributed by atoms with Crippen molar-refractivity contribution in [2.45, 2.75) is 39.9 Å². The summed E-state index contributed by atoms with van der Waals surface area (Å²) in [6, 6.07) is 13.5. The minimum atomic E-state index is -0.603. The van der Waals surface area contributed by atoms with Crippen molar-refractivity contribution in [1.29, 1.82) is 0 Å². The predicted molar refractivity (Wildman–Crippen MR) is 124 cm³/mol. The summed E-state index contributed by atoms with van der Waals surface area (Å²) in [7, 11) is 0. The number of hydrogen-bond donors (Lipinski definition) is 0. The summed E-state index contributed by atoms with van der Waals surface area (Å²) in [5, 5.41) is 3.53. The highest BCUT2D eigenvalue weighted by molar-refractivity contribution is 7.13. The topological polar surface area (TPSA) is 57.7 Å². The van der Waals surface area contributed by atoms with Crippen LogP contribution in [-0.2, 0) is 27.3 Å². The highest BCUT2D eigenvalue weighted by Crippen LogP contribution is 2.30. The Bertz CT molecular complexity index is 1020. The second kappa shape index (κ2) is 11.3. The van der Waals surface area contributed by atoms with Crippen LogP contribution in [0.4, 0.5) is 0 Å². The summed E-state index contributed by atoms with van der Waals surface area (Å²) >= 11 is 7.81. The molecule has 0 aliphatic heterocycles. The average molecular weight is 460 g/mol. The number of nitrogens with zero attached hydrogens (tertiary/aromatic N) is 1. The Balaban J connectivity index is 1.63. The van der Waals surface area contributed by atoms with Crippen LogP contribution in [0, 0.1) is 6.92 Å². The number of carbonyl (C=O) groups excluding carboxylic acids is 1. The fourth-order valence-corrected chi connectivity index (χ4v) is 4.25. The molecule has 0 aliphatic carbocycles. The third-order valence-corrected chi connectivity index (χ3v) is 5.93. The molecular weight excluding hydrogens is 434 g/mol. The Labute approximate surface area is 191 Å². The lowest BCUT2D eigenvalue weighted by atomic mass is 10.0. The standard InChI is InChI=1S/C24H26ClNO4S/c1-4-28-22(24(27)29-5-2)13-17-10-11-19(12-16(17)3)30-14-18-15-31-23(26-18)20-8-6-7-9-21(20)25/h6-12,15,22H,4-5,13-14H2,1-3H3. The van der Waals surface area contributed by atoms with Crippen molar-refractivity contribution in [1.82, 2.24) is 4.98 Å². The molecule has 7 heteroatoms. The van der Waals surface area contributed by atoms with Gasteiger partial charge >= 0.3 is 5.97 Å². The molecular formula is C24H26ClNO4S. The molecule has 3 rings (SSSR count). The second-order valence-corrected chi connectivity index (χ2v) is 8.17. The van der Waals surface area contributed by atoms with E-state index in [1.165, 1.54) is 0 Å². The molecule has 0 saturated carbocycles. The van der Waals surface area contributed by atoms with Crippen LogP contribution in [-0.4, -0.2) is 30.3 Å². The van der Waals surface area contributed by atoms with E-state index in [9.17, 15) is 4.79 Å². The zero-order chi connectivity index (χ0) is 22.2. The predicted octanol–water partition coefficient (Wildman–Crippen LogP) is 5.86. The van der Waals surface area contributed by atoms with Crippen molar-refractivity contribution >= 4 is 28.9 Å². The van der Waals surface area contributed by atoms with Gasteiger partial charge in [-0.15, -0.1) is 11.3 Å². The monoisotopic (exact) mass is 459 g/mol. The molecule has 0 spiro atoms. The van der Waals surface area contributed by atoms with Gasteiger partial charge in [0.2, 0.25) is 0 Å². The Morgan fingerprint density at radius 1 is 1.16 bits per heavy atom. The SMILES string of the molecule is CCOC(=O)C(Cc1ccc(OCc2csc(-c3ccccc3Cl)n2)cc1C)OCC. The number of thiazole rings is 1. The van der Waals surface area contributed by atoms with Gasteiger partial charge in [0.25, 0.3) is 0 Å². The zero-order valence-corrected chi connectivity index (χ0v) is 19.5. The summed E-state index contributed by atoms with van der Waals surface area (Å²) in [6.45, 7) is 6.80. The van der Waals surface area contributed by atoms with E-state index in [1.54, 1.807) is 18.3 Å². The molecule has 2 aromatic carbocycles. The van der Waals surface area contributed by atoms with E-state index in [0.29, 0.717) is 31.3 Å². The number of carbonyl (C=O) groups is 1. The van der Waals surface area contributed by atoms with Gasteiger partial charge in [-0.1, -0.05) is 35.9 Å². The van der Waals surface area contributed by atoms with E-state index >= 15 is 0 Å². The van der Waals surface area contributed by atoms with Crippen molar-refractivity contribution in [2.24, 2.45) is 0 Å². The molecule has 0 N–H and O–H groups in total. The highest BCUT2D eigenvalue weighted by Gasteiger charge is 2.21. The molecule has 3 aromatic rings. The van der Waals surface area contributed by atoms with Crippen LogP contribution in [0.1, 0.15) is 30.7 Å². The van der Waals surface area contributed by atoms with Gasteiger partial charge in [-0.25, -0.2) is 9.78 Å². The van der Waals surface area contributed by atoms with Gasteiger partial charge in [-0.05, 0) is 50.1 Å². The summed E-state index contributed by atoms with van der Waals surface area (Å²) in [5.74, 6) is 0.416. The third kappa shape index (κ3) is 6.29. The molecule has 0 aliphatic rings. The number of esters is 1. The number of aromatic nitrogens is 1. The quantitative estimate of drug-likeness (QED) is 0.355. The second-order valence-electron chi connectivity index (χ2n) is 6.90. The van der Waals surface area contributed by atoms with Gasteiger partial charge in [0.05, 0.1) is 17.3 Å². The molecule has 0 bridgehead atoms. The maximum atomic E-state index is 12.1. The maximum absolute atomic E-state index is 12.1. The van der Waals surface area contributed by atoms with E-state index in [1.807, 2.05) is 61.7 Å². The van der Waals surface area contributed by atoms with Crippen LogP contribution in [0.25, 0.3) is 10.6 Å². The van der Waals surface area contributed by atoms with Gasteiger partial charge in [0, 0.05) is 24.0 Å². The van der Waals surface area contributed by atoms with Crippen LogP contribution in [0.3, 0.4) is 0 Å². The van der Waals surface area contributed by atoms with Crippen molar-refractivity contribution < 1.29 is 19.0 Å². The van der Waals surface area contributed by atoms with Crippen LogP contribution in [0.15, 0.2) is 47.8 Å². The number of benzene rings is 2. The Morgan fingerprint density at radius 3 is 2.68 bits per heavy atom. The minimum Gasteiger partial charge on any atom is -0.487 e. The lowest BCUT2D eigenvalue weighted by molar-refractivity contribution is -0.156. The van der Waals surface area contributed by atoms with Crippen molar-refractivity contribution in [2.75, 3.05) is 13.2 Å². The number of ether oxygens (including phenoxy) is 3. The Hall–Kier alpha value is -2.41. The first-order valence-corrected chi connectivity index (χ1v) is 11.5. The maximum Gasteiger partial charge on any atom is 0.335 e. The molecule has 5 nitrogen and oxygen atoms in total. The minimum absolute atomic E-state index is 0.332. The molecule has 1 atom stereocenters. The van der Waals surface area contributed by atoms with E-state index in [0.717, 1.165) is 33.1 Å². The van der Waals surface area contributed by atoms with Crippen molar-refractivity contribution in [3.8, 4) is 16.3 Å². The van der Waals surface area contributed by atoms with Crippen LogP contribution >= 0.6 is 22.9 Å². The van der Waals surface area contributed by atoms with Gasteiger partial charge in [-0.2, -0.15) is 0 Å². The zero-order valence-electron chi connectivity index (χ0n) is 17.9. The highest BCUT2D eigenvalue weighted by atomic mass is 35.5. The lowest BCUT2D eigenvalue weighted by Gasteiger charge is -2.17. The van der Waals surface area contributed by atoms with Crippen LogP contribution in [0.5, 0.6) is 5.75 Å². The van der Waals surface area contributed by atoms with E-state index in [4.69, 9.17) is 25.8 Å². The average Bonchev–Trinajstić information content (AvgIpc) is 3.22. The summed E-state index contributed by atoms with van der Waals surface area (Å²) < 4.78 is 16.6. The fraction of sp³-hybridized carbons (Fsp3) is 0.333. The first-order valence-electron chi connectivity index (χ1n) is 10.2.